The van der Waals surface area contributed by atoms with E-state index in [2.05, 4.69) is 5.32 Å². The first kappa shape index (κ1) is 12.2. The molecule has 16 heavy (non-hydrogen) atoms. The number of benzene rings is 1. The normalized spacial score (nSPS) is 11.6. The minimum Gasteiger partial charge on any atom is -0.425 e. The fourth-order valence-electron chi connectivity index (χ4n) is 1.10. The summed E-state index contributed by atoms with van der Waals surface area (Å²) in [7, 11) is 0. The molecule has 0 bridgehead atoms. The van der Waals surface area contributed by atoms with Crippen LogP contribution in [0.1, 0.15) is 6.92 Å². The highest BCUT2D eigenvalue weighted by molar-refractivity contribution is 5.84. The molecule has 0 fully saturated rings. The molecule has 0 radical (unpaired) electrons. The number of ether oxygens (including phenoxy) is 1. The molecule has 1 amide bonds. The van der Waals surface area contributed by atoms with Crippen LogP contribution in [0.5, 0.6) is 5.75 Å². The standard InChI is InChI=1S/C11H13NO4/c1-8(14)12-10(7-13)11(15)16-9-5-3-2-4-6-9/h2-6,10,13H,7H2,1H3,(H,12,14)/t10-/m0/s1. The smallest absolute Gasteiger partial charge is 0.336 e. The summed E-state index contributed by atoms with van der Waals surface area (Å²) in [6.45, 7) is 0.768. The summed E-state index contributed by atoms with van der Waals surface area (Å²) in [5, 5.41) is 11.2. The first-order chi connectivity index (χ1) is 7.63. The van der Waals surface area contributed by atoms with E-state index in [4.69, 9.17) is 9.84 Å². The van der Waals surface area contributed by atoms with Crippen LogP contribution in [0.3, 0.4) is 0 Å². The van der Waals surface area contributed by atoms with Gasteiger partial charge in [-0.15, -0.1) is 0 Å². The van der Waals surface area contributed by atoms with Crippen LogP contribution in [0.15, 0.2) is 30.3 Å². The maximum Gasteiger partial charge on any atom is 0.336 e. The highest BCUT2D eigenvalue weighted by Gasteiger charge is 2.20. The number of hydrogen-bond acceptors (Lipinski definition) is 4. The molecule has 0 aliphatic rings. The van der Waals surface area contributed by atoms with E-state index in [1.54, 1.807) is 30.3 Å². The van der Waals surface area contributed by atoms with E-state index in [-0.39, 0.29) is 0 Å². The van der Waals surface area contributed by atoms with Gasteiger partial charge in [0.1, 0.15) is 5.75 Å². The van der Waals surface area contributed by atoms with E-state index in [9.17, 15) is 9.59 Å². The van der Waals surface area contributed by atoms with Crippen molar-refractivity contribution in [2.45, 2.75) is 13.0 Å². The predicted molar refractivity (Wildman–Crippen MR) is 56.8 cm³/mol. The quantitative estimate of drug-likeness (QED) is 0.560. The number of para-hydroxylation sites is 1. The molecule has 0 saturated carbocycles. The fourth-order valence-corrected chi connectivity index (χ4v) is 1.10. The van der Waals surface area contributed by atoms with E-state index in [0.29, 0.717) is 5.75 Å². The largest absolute Gasteiger partial charge is 0.425 e. The molecule has 5 nitrogen and oxygen atoms in total. The van der Waals surface area contributed by atoms with Crippen molar-refractivity contribution in [3.8, 4) is 5.75 Å². The Bertz CT molecular complexity index is 364. The van der Waals surface area contributed by atoms with Crippen molar-refractivity contribution in [2.75, 3.05) is 6.61 Å². The minimum atomic E-state index is -1.03. The average molecular weight is 223 g/mol. The number of aliphatic hydroxyl groups is 1. The van der Waals surface area contributed by atoms with Crippen LogP contribution < -0.4 is 10.1 Å². The lowest BCUT2D eigenvalue weighted by atomic mass is 10.3. The van der Waals surface area contributed by atoms with Crippen molar-refractivity contribution in [3.05, 3.63) is 30.3 Å². The molecule has 86 valence electrons. The molecule has 0 saturated heterocycles. The number of carbonyl (C=O) groups is 2. The predicted octanol–water partition coefficient (Wildman–Crippen LogP) is 0.0890. The van der Waals surface area contributed by atoms with E-state index < -0.39 is 24.5 Å². The van der Waals surface area contributed by atoms with Crippen molar-refractivity contribution in [1.29, 1.82) is 0 Å². The Hall–Kier alpha value is -1.88. The van der Waals surface area contributed by atoms with Crippen molar-refractivity contribution >= 4 is 11.9 Å². The van der Waals surface area contributed by atoms with Gasteiger partial charge in [-0.3, -0.25) is 4.79 Å². The van der Waals surface area contributed by atoms with Crippen LogP contribution in [0.4, 0.5) is 0 Å². The first-order valence-corrected chi connectivity index (χ1v) is 4.78. The molecule has 1 aromatic rings. The van der Waals surface area contributed by atoms with Crippen LogP contribution in [-0.4, -0.2) is 29.6 Å². The van der Waals surface area contributed by atoms with Gasteiger partial charge in [0, 0.05) is 6.92 Å². The maximum atomic E-state index is 11.5. The monoisotopic (exact) mass is 223 g/mol. The van der Waals surface area contributed by atoms with Gasteiger partial charge in [0.15, 0.2) is 6.04 Å². The van der Waals surface area contributed by atoms with Crippen molar-refractivity contribution in [1.82, 2.24) is 5.32 Å². The van der Waals surface area contributed by atoms with Gasteiger partial charge in [0.05, 0.1) is 6.61 Å². The summed E-state index contributed by atoms with van der Waals surface area (Å²) in [5.74, 6) is -0.718. The lowest BCUT2D eigenvalue weighted by molar-refractivity contribution is -0.140. The number of aliphatic hydroxyl groups excluding tert-OH is 1. The summed E-state index contributed by atoms with van der Waals surface area (Å²) in [4.78, 5) is 22.2. The molecule has 0 aliphatic carbocycles. The Labute approximate surface area is 93.0 Å². The summed E-state index contributed by atoms with van der Waals surface area (Å²) in [6, 6.07) is 7.41. The van der Waals surface area contributed by atoms with Gasteiger partial charge in [0.2, 0.25) is 5.91 Å². The van der Waals surface area contributed by atoms with Crippen LogP contribution in [-0.2, 0) is 9.59 Å². The van der Waals surface area contributed by atoms with Crippen molar-refractivity contribution in [3.63, 3.8) is 0 Å². The molecule has 0 heterocycles. The van der Waals surface area contributed by atoms with Gasteiger partial charge in [-0.2, -0.15) is 0 Å². The van der Waals surface area contributed by atoms with E-state index in [1.807, 2.05) is 0 Å². The molecule has 0 spiro atoms. The van der Waals surface area contributed by atoms with Crippen LogP contribution in [0.25, 0.3) is 0 Å². The van der Waals surface area contributed by atoms with Gasteiger partial charge < -0.3 is 15.2 Å². The van der Waals surface area contributed by atoms with Crippen molar-refractivity contribution < 1.29 is 19.4 Å². The Morgan fingerprint density at radius 1 is 1.38 bits per heavy atom. The zero-order valence-corrected chi connectivity index (χ0v) is 8.84. The number of hydrogen-bond donors (Lipinski definition) is 2. The van der Waals surface area contributed by atoms with E-state index >= 15 is 0 Å². The molecule has 1 aromatic carbocycles. The molecule has 1 rings (SSSR count). The minimum absolute atomic E-state index is 0.372. The fraction of sp³-hybridized carbons (Fsp3) is 0.273. The first-order valence-electron chi connectivity index (χ1n) is 4.78. The SMILES string of the molecule is CC(=O)N[C@@H](CO)C(=O)Oc1ccccc1. The molecule has 5 heteroatoms. The third kappa shape index (κ3) is 3.70. The number of nitrogens with one attached hydrogen (secondary N) is 1. The molecule has 0 aliphatic heterocycles. The molecule has 2 N–H and O–H groups in total. The Kier molecular flexibility index (Phi) is 4.47. The van der Waals surface area contributed by atoms with Gasteiger partial charge in [-0.1, -0.05) is 18.2 Å². The third-order valence-corrected chi connectivity index (χ3v) is 1.81. The average Bonchev–Trinajstić information content (AvgIpc) is 2.26. The van der Waals surface area contributed by atoms with E-state index in [0.717, 1.165) is 0 Å². The maximum absolute atomic E-state index is 11.5. The van der Waals surface area contributed by atoms with E-state index in [1.165, 1.54) is 6.92 Å². The lowest BCUT2D eigenvalue weighted by Crippen LogP contribution is -2.44. The second-order valence-corrected chi connectivity index (χ2v) is 3.17. The van der Waals surface area contributed by atoms with Crippen LogP contribution >= 0.6 is 0 Å². The van der Waals surface area contributed by atoms with Crippen LogP contribution in [0, 0.1) is 0 Å². The molecule has 0 aromatic heterocycles. The number of esters is 1. The van der Waals surface area contributed by atoms with Crippen molar-refractivity contribution in [2.24, 2.45) is 0 Å². The summed E-state index contributed by atoms with van der Waals surface area (Å²) >= 11 is 0. The van der Waals surface area contributed by atoms with Crippen LogP contribution in [0.2, 0.25) is 0 Å². The van der Waals surface area contributed by atoms with Gasteiger partial charge in [-0.25, -0.2) is 4.79 Å². The molecule has 1 atom stereocenters. The summed E-state index contributed by atoms with van der Waals surface area (Å²) < 4.78 is 4.95. The Morgan fingerprint density at radius 2 is 2.00 bits per heavy atom. The molecular formula is C11H13NO4. The second-order valence-electron chi connectivity index (χ2n) is 3.17. The second kappa shape index (κ2) is 5.87. The lowest BCUT2D eigenvalue weighted by Gasteiger charge is -2.13. The molecular weight excluding hydrogens is 210 g/mol. The summed E-state index contributed by atoms with van der Waals surface area (Å²) in [6.07, 6.45) is 0. The zero-order chi connectivity index (χ0) is 12.0. The zero-order valence-electron chi connectivity index (χ0n) is 8.84. The number of amides is 1. The number of rotatable bonds is 4. The summed E-state index contributed by atoms with van der Waals surface area (Å²) in [5.41, 5.74) is 0. The highest BCUT2D eigenvalue weighted by Crippen LogP contribution is 2.09. The highest BCUT2D eigenvalue weighted by atomic mass is 16.5. The third-order valence-electron chi connectivity index (χ3n) is 1.81. The Balaban J connectivity index is 2.59. The van der Waals surface area contributed by atoms with Gasteiger partial charge >= 0.3 is 5.97 Å². The number of carbonyl (C=O) groups excluding carboxylic acids is 2. The van der Waals surface area contributed by atoms with Gasteiger partial charge in [0.25, 0.3) is 0 Å². The molecule has 0 unspecified atom stereocenters. The topological polar surface area (TPSA) is 75.6 Å². The van der Waals surface area contributed by atoms with Gasteiger partial charge in [-0.05, 0) is 12.1 Å². The Morgan fingerprint density at radius 3 is 2.50 bits per heavy atom.